The number of hydrogen-bond acceptors (Lipinski definition) is 4. The molecule has 0 unspecified atom stereocenters. The van der Waals surface area contributed by atoms with Gasteiger partial charge in [0.25, 0.3) is 0 Å². The lowest BCUT2D eigenvalue weighted by molar-refractivity contribution is -0.122. The summed E-state index contributed by atoms with van der Waals surface area (Å²) in [6.45, 7) is 1.75. The van der Waals surface area contributed by atoms with Crippen molar-refractivity contribution in [3.63, 3.8) is 0 Å². The van der Waals surface area contributed by atoms with Gasteiger partial charge in [-0.05, 0) is 24.8 Å². The summed E-state index contributed by atoms with van der Waals surface area (Å²) in [4.78, 5) is 16.1. The molecule has 0 radical (unpaired) electrons. The van der Waals surface area contributed by atoms with Gasteiger partial charge >= 0.3 is 0 Å². The molecule has 4 rings (SSSR count). The van der Waals surface area contributed by atoms with Crippen LogP contribution in [0, 0.1) is 11.8 Å². The third-order valence-electron chi connectivity index (χ3n) is 5.21. The highest BCUT2D eigenvalue weighted by Crippen LogP contribution is 2.32. The van der Waals surface area contributed by atoms with Crippen molar-refractivity contribution in [2.75, 3.05) is 25.1 Å². The minimum Gasteiger partial charge on any atom is -0.381 e. The maximum atomic E-state index is 12.9. The standard InChI is InChI=1S/C19H23N5O2/c20-8-15(12-4-6-26-7-5-12)19(25)24-17-3-1-2-14-16(11-21-18(14)17)13-9-22-23-10-13/h1-3,9-12,15,21H,4-8,20H2,(H,22,23)(H,24,25)/t15-/m1/s1. The zero-order valence-corrected chi connectivity index (χ0v) is 14.5. The fourth-order valence-electron chi connectivity index (χ4n) is 3.75. The van der Waals surface area contributed by atoms with E-state index in [1.54, 1.807) is 6.20 Å². The Labute approximate surface area is 151 Å². The van der Waals surface area contributed by atoms with E-state index < -0.39 is 0 Å². The van der Waals surface area contributed by atoms with E-state index in [0.29, 0.717) is 19.8 Å². The van der Waals surface area contributed by atoms with Gasteiger partial charge in [-0.1, -0.05) is 12.1 Å². The Balaban J connectivity index is 1.59. The molecule has 7 heteroatoms. The fourth-order valence-corrected chi connectivity index (χ4v) is 3.75. The predicted molar refractivity (Wildman–Crippen MR) is 101 cm³/mol. The molecule has 1 aliphatic rings. The number of amides is 1. The number of para-hydroxylation sites is 1. The number of ether oxygens (including phenoxy) is 1. The predicted octanol–water partition coefficient (Wildman–Crippen LogP) is 2.50. The molecule has 1 atom stereocenters. The zero-order valence-electron chi connectivity index (χ0n) is 14.5. The first-order valence-electron chi connectivity index (χ1n) is 8.96. The number of aromatic amines is 2. The molecule has 1 amide bonds. The number of H-pyrrole nitrogens is 2. The number of aromatic nitrogens is 3. The van der Waals surface area contributed by atoms with Crippen molar-refractivity contribution in [3.8, 4) is 11.1 Å². The van der Waals surface area contributed by atoms with Crippen molar-refractivity contribution in [2.45, 2.75) is 12.8 Å². The number of carbonyl (C=O) groups excluding carboxylic acids is 1. The molecule has 1 fully saturated rings. The summed E-state index contributed by atoms with van der Waals surface area (Å²) in [7, 11) is 0. The molecule has 2 aromatic heterocycles. The van der Waals surface area contributed by atoms with Crippen LogP contribution in [0.1, 0.15) is 12.8 Å². The summed E-state index contributed by atoms with van der Waals surface area (Å²) >= 11 is 0. The van der Waals surface area contributed by atoms with Gasteiger partial charge < -0.3 is 20.8 Å². The van der Waals surface area contributed by atoms with Gasteiger partial charge in [0.2, 0.25) is 5.91 Å². The second-order valence-corrected chi connectivity index (χ2v) is 6.70. The lowest BCUT2D eigenvalue weighted by Gasteiger charge is -2.28. The second kappa shape index (κ2) is 7.31. The van der Waals surface area contributed by atoms with Crippen LogP contribution in [-0.2, 0) is 9.53 Å². The van der Waals surface area contributed by atoms with Crippen LogP contribution in [0.15, 0.2) is 36.8 Å². The molecule has 0 bridgehead atoms. The second-order valence-electron chi connectivity index (χ2n) is 6.70. The van der Waals surface area contributed by atoms with Crippen molar-refractivity contribution < 1.29 is 9.53 Å². The first-order chi connectivity index (χ1) is 12.8. The minimum absolute atomic E-state index is 0.0219. The van der Waals surface area contributed by atoms with Gasteiger partial charge in [0.15, 0.2) is 0 Å². The van der Waals surface area contributed by atoms with E-state index in [9.17, 15) is 4.79 Å². The first kappa shape index (κ1) is 16.8. The van der Waals surface area contributed by atoms with Gasteiger partial charge in [-0.15, -0.1) is 0 Å². The number of rotatable bonds is 5. The van der Waals surface area contributed by atoms with E-state index >= 15 is 0 Å². The van der Waals surface area contributed by atoms with Crippen molar-refractivity contribution >= 4 is 22.5 Å². The normalized spacial score (nSPS) is 16.7. The number of nitrogens with zero attached hydrogens (tertiary/aromatic N) is 1. The van der Waals surface area contributed by atoms with Crippen LogP contribution in [0.3, 0.4) is 0 Å². The number of nitrogens with two attached hydrogens (primary N) is 1. The highest BCUT2D eigenvalue weighted by Gasteiger charge is 2.29. The Hall–Kier alpha value is -2.64. The van der Waals surface area contributed by atoms with Crippen molar-refractivity contribution in [1.29, 1.82) is 0 Å². The molecule has 0 spiro atoms. The Bertz CT molecular complexity index is 881. The highest BCUT2D eigenvalue weighted by atomic mass is 16.5. The molecule has 5 N–H and O–H groups in total. The summed E-state index contributed by atoms with van der Waals surface area (Å²) in [5.41, 5.74) is 9.64. The van der Waals surface area contributed by atoms with Gasteiger partial charge in [0.05, 0.1) is 23.3 Å². The minimum atomic E-state index is -0.197. The van der Waals surface area contributed by atoms with Gasteiger partial charge in [-0.25, -0.2) is 0 Å². The maximum Gasteiger partial charge on any atom is 0.229 e. The first-order valence-corrected chi connectivity index (χ1v) is 8.96. The van der Waals surface area contributed by atoms with Crippen LogP contribution >= 0.6 is 0 Å². The van der Waals surface area contributed by atoms with E-state index in [0.717, 1.165) is 40.6 Å². The molecular weight excluding hydrogens is 330 g/mol. The lowest BCUT2D eigenvalue weighted by atomic mass is 9.85. The Kier molecular flexibility index (Phi) is 4.73. The Morgan fingerprint density at radius 1 is 1.35 bits per heavy atom. The largest absolute Gasteiger partial charge is 0.381 e. The van der Waals surface area contributed by atoms with Crippen molar-refractivity contribution in [1.82, 2.24) is 15.2 Å². The molecule has 0 saturated carbocycles. The van der Waals surface area contributed by atoms with E-state index in [2.05, 4.69) is 20.5 Å². The monoisotopic (exact) mass is 353 g/mol. The number of carbonyl (C=O) groups is 1. The van der Waals surface area contributed by atoms with E-state index in [1.165, 1.54) is 0 Å². The summed E-state index contributed by atoms with van der Waals surface area (Å²) in [6, 6.07) is 5.89. The molecule has 3 aromatic rings. The molecule has 0 aliphatic carbocycles. The summed E-state index contributed by atoms with van der Waals surface area (Å²) in [5.74, 6) is 0.0573. The maximum absolute atomic E-state index is 12.9. The average molecular weight is 353 g/mol. The van der Waals surface area contributed by atoms with Crippen LogP contribution in [0.4, 0.5) is 5.69 Å². The fraction of sp³-hybridized carbons (Fsp3) is 0.368. The van der Waals surface area contributed by atoms with Gasteiger partial charge in [0.1, 0.15) is 0 Å². The Morgan fingerprint density at radius 3 is 2.92 bits per heavy atom. The van der Waals surface area contributed by atoms with Gasteiger partial charge in [0, 0.05) is 48.7 Å². The molecule has 1 aliphatic heterocycles. The topological polar surface area (TPSA) is 109 Å². The quantitative estimate of drug-likeness (QED) is 0.565. The number of anilines is 1. The summed E-state index contributed by atoms with van der Waals surface area (Å²) in [5, 5.41) is 11.0. The van der Waals surface area contributed by atoms with Gasteiger partial charge in [-0.3, -0.25) is 9.89 Å². The molecular formula is C19H23N5O2. The van der Waals surface area contributed by atoms with Crippen LogP contribution in [0.25, 0.3) is 22.0 Å². The third-order valence-corrected chi connectivity index (χ3v) is 5.21. The summed E-state index contributed by atoms with van der Waals surface area (Å²) < 4.78 is 5.40. The number of benzene rings is 1. The SMILES string of the molecule is NC[C@@H](C(=O)Nc1cccc2c(-c3cn[nH]c3)c[nH]c12)C1CCOCC1. The summed E-state index contributed by atoms with van der Waals surface area (Å²) in [6.07, 6.45) is 7.33. The van der Waals surface area contributed by atoms with Crippen molar-refractivity contribution in [2.24, 2.45) is 17.6 Å². The van der Waals surface area contributed by atoms with Crippen molar-refractivity contribution in [3.05, 3.63) is 36.8 Å². The molecule has 1 saturated heterocycles. The smallest absolute Gasteiger partial charge is 0.229 e. The van der Waals surface area contributed by atoms with Crippen LogP contribution < -0.4 is 11.1 Å². The van der Waals surface area contributed by atoms with E-state index in [4.69, 9.17) is 10.5 Å². The van der Waals surface area contributed by atoms with Crippen LogP contribution in [0.2, 0.25) is 0 Å². The lowest BCUT2D eigenvalue weighted by Crippen LogP contribution is -2.37. The molecule has 7 nitrogen and oxygen atoms in total. The van der Waals surface area contributed by atoms with Gasteiger partial charge in [-0.2, -0.15) is 5.10 Å². The zero-order chi connectivity index (χ0) is 17.9. The number of hydrogen-bond donors (Lipinski definition) is 4. The number of nitrogens with one attached hydrogen (secondary N) is 3. The highest BCUT2D eigenvalue weighted by molar-refractivity contribution is 6.06. The average Bonchev–Trinajstić information content (AvgIpc) is 3.33. The van der Waals surface area contributed by atoms with Crippen LogP contribution in [-0.4, -0.2) is 40.8 Å². The molecule has 26 heavy (non-hydrogen) atoms. The number of fused-ring (bicyclic) bond motifs is 1. The van der Waals surface area contributed by atoms with Crippen LogP contribution in [0.5, 0.6) is 0 Å². The molecule has 3 heterocycles. The van der Waals surface area contributed by atoms with E-state index in [1.807, 2.05) is 30.6 Å². The molecule has 136 valence electrons. The Morgan fingerprint density at radius 2 is 2.19 bits per heavy atom. The third kappa shape index (κ3) is 3.11. The molecule has 1 aromatic carbocycles. The van der Waals surface area contributed by atoms with E-state index in [-0.39, 0.29) is 17.7 Å².